The highest BCUT2D eigenvalue weighted by Gasteiger charge is 2.70. The number of ketones is 1. The van der Waals surface area contributed by atoms with E-state index >= 15 is 0 Å². The van der Waals surface area contributed by atoms with Gasteiger partial charge >= 0.3 is 0 Å². The van der Waals surface area contributed by atoms with Crippen molar-refractivity contribution in [2.45, 2.75) is 126 Å². The number of hydrogen-bond acceptors (Lipinski definition) is 2. The fourth-order valence-electron chi connectivity index (χ4n) is 11.6. The summed E-state index contributed by atoms with van der Waals surface area (Å²) in [5.74, 6) is 3.04. The van der Waals surface area contributed by atoms with E-state index in [1.807, 2.05) is 0 Å². The van der Waals surface area contributed by atoms with Crippen LogP contribution in [0, 0.1) is 56.2 Å². The predicted octanol–water partition coefficient (Wildman–Crippen LogP) is 7.82. The maximum absolute atomic E-state index is 12.7. The van der Waals surface area contributed by atoms with Crippen molar-refractivity contribution in [3.63, 3.8) is 0 Å². The smallest absolute Gasteiger partial charge is 0.136 e. The summed E-state index contributed by atoms with van der Waals surface area (Å²) >= 11 is 0. The van der Waals surface area contributed by atoms with Crippen LogP contribution in [0.5, 0.6) is 0 Å². The maximum atomic E-state index is 12.7. The summed E-state index contributed by atoms with van der Waals surface area (Å²) in [5, 5.41) is 9.83. The number of Topliss-reactive ketones (excluding diaryl/α,β-unsaturated/α-hetero) is 1. The van der Waals surface area contributed by atoms with Crippen LogP contribution in [0.4, 0.5) is 0 Å². The molecule has 0 aromatic heterocycles. The Balaban J connectivity index is 1.52. The Morgan fingerprint density at radius 2 is 1.39 bits per heavy atom. The Morgan fingerprint density at radius 3 is 2.09 bits per heavy atom. The lowest BCUT2D eigenvalue weighted by atomic mass is 9.30. The third kappa shape index (κ3) is 3.04. The second-order valence-electron chi connectivity index (χ2n) is 15.4. The van der Waals surface area contributed by atoms with Crippen LogP contribution in [0.3, 0.4) is 0 Å². The van der Waals surface area contributed by atoms with Gasteiger partial charge in [0.1, 0.15) is 5.78 Å². The van der Waals surface area contributed by atoms with Gasteiger partial charge in [-0.1, -0.05) is 48.5 Å². The molecule has 0 saturated heterocycles. The van der Waals surface area contributed by atoms with Crippen molar-refractivity contribution >= 4 is 5.78 Å². The molecule has 188 valence electrons. The van der Waals surface area contributed by atoms with Gasteiger partial charge in [0.2, 0.25) is 0 Å². The Labute approximate surface area is 204 Å². The topological polar surface area (TPSA) is 37.3 Å². The lowest BCUT2D eigenvalue weighted by molar-refractivity contribution is -0.257. The zero-order valence-electron chi connectivity index (χ0n) is 22.9. The number of aliphatic hydroxyl groups excluding tert-OH is 1. The summed E-state index contributed by atoms with van der Waals surface area (Å²) in [6.45, 7) is 18.3. The highest BCUT2D eigenvalue weighted by Crippen LogP contribution is 2.78. The van der Waals surface area contributed by atoms with Gasteiger partial charge in [0.15, 0.2) is 0 Å². The molecule has 5 aliphatic rings. The van der Waals surface area contributed by atoms with Crippen LogP contribution in [0.25, 0.3) is 0 Å². The molecule has 2 heteroatoms. The molecule has 5 rings (SSSR count). The van der Waals surface area contributed by atoms with E-state index in [0.29, 0.717) is 45.4 Å². The zero-order chi connectivity index (χ0) is 24.1. The number of hydrogen-bond donors (Lipinski definition) is 1. The van der Waals surface area contributed by atoms with E-state index in [4.69, 9.17) is 0 Å². The average molecular weight is 457 g/mol. The Morgan fingerprint density at radius 1 is 0.758 bits per heavy atom. The van der Waals surface area contributed by atoms with Crippen LogP contribution in [-0.2, 0) is 4.79 Å². The minimum atomic E-state index is 0.207. The molecule has 10 atom stereocenters. The first-order valence-electron chi connectivity index (χ1n) is 14.4. The minimum Gasteiger partial charge on any atom is -0.396 e. The second kappa shape index (κ2) is 7.33. The fraction of sp³-hybridized carbons (Fsp3) is 0.968. The van der Waals surface area contributed by atoms with Crippen molar-refractivity contribution in [3.8, 4) is 0 Å². The number of rotatable bonds is 2. The van der Waals surface area contributed by atoms with Crippen molar-refractivity contribution in [3.05, 3.63) is 0 Å². The standard InChI is InChI=1S/C31H52O2/c1-21-22(33)8-9-23-28(21,4)11-10-24-29(23,5)15-17-31(7)25-20-26(2,18-19-32)12-13-27(25,3)14-16-30(24,31)6/h21,23-25,32H,8-20H2,1-7H3. The predicted molar refractivity (Wildman–Crippen MR) is 136 cm³/mol. The van der Waals surface area contributed by atoms with Crippen LogP contribution in [0.2, 0.25) is 0 Å². The molecule has 10 unspecified atom stereocenters. The lowest BCUT2D eigenvalue weighted by Gasteiger charge is -2.75. The van der Waals surface area contributed by atoms with Crippen molar-refractivity contribution in [1.82, 2.24) is 0 Å². The summed E-state index contributed by atoms with van der Waals surface area (Å²) in [6.07, 6.45) is 15.0. The van der Waals surface area contributed by atoms with Gasteiger partial charge in [0.05, 0.1) is 0 Å². The van der Waals surface area contributed by atoms with E-state index < -0.39 is 0 Å². The van der Waals surface area contributed by atoms with Crippen molar-refractivity contribution in [2.24, 2.45) is 56.2 Å². The number of carbonyl (C=O) groups excluding carboxylic acids is 1. The molecule has 2 nitrogen and oxygen atoms in total. The summed E-state index contributed by atoms with van der Waals surface area (Å²) < 4.78 is 0. The normalized spacial score (nSPS) is 58.6. The molecule has 0 spiro atoms. The van der Waals surface area contributed by atoms with Gasteiger partial charge in [-0.25, -0.2) is 0 Å². The quantitative estimate of drug-likeness (QED) is 0.460. The van der Waals surface area contributed by atoms with Crippen molar-refractivity contribution in [1.29, 1.82) is 0 Å². The van der Waals surface area contributed by atoms with E-state index in [1.165, 1.54) is 57.8 Å². The Hall–Kier alpha value is -0.370. The van der Waals surface area contributed by atoms with Gasteiger partial charge in [0, 0.05) is 18.9 Å². The van der Waals surface area contributed by atoms with Crippen molar-refractivity contribution < 1.29 is 9.90 Å². The van der Waals surface area contributed by atoms with Crippen LogP contribution in [-0.4, -0.2) is 17.5 Å². The van der Waals surface area contributed by atoms with Gasteiger partial charge in [0.25, 0.3) is 0 Å². The SMILES string of the molecule is CC1C(=O)CCC2C1(C)CCC1C2(C)CCC2(C)C3CC(C)(CCO)CCC3(C)CCC12C. The van der Waals surface area contributed by atoms with E-state index in [1.54, 1.807) is 0 Å². The molecule has 1 N–H and O–H groups in total. The number of fused-ring (bicyclic) bond motifs is 7. The largest absolute Gasteiger partial charge is 0.396 e. The van der Waals surface area contributed by atoms with Crippen molar-refractivity contribution in [2.75, 3.05) is 6.61 Å². The zero-order valence-corrected chi connectivity index (χ0v) is 22.9. The first kappa shape index (κ1) is 24.3. The summed E-state index contributed by atoms with van der Waals surface area (Å²) in [4.78, 5) is 12.7. The molecular formula is C31H52O2. The Bertz CT molecular complexity index is 820. The molecule has 5 fully saturated rings. The maximum Gasteiger partial charge on any atom is 0.136 e. The van der Waals surface area contributed by atoms with Crippen LogP contribution in [0.15, 0.2) is 0 Å². The van der Waals surface area contributed by atoms with Crippen LogP contribution < -0.4 is 0 Å². The number of aliphatic hydroxyl groups is 1. The monoisotopic (exact) mass is 456 g/mol. The minimum absolute atomic E-state index is 0.207. The molecular weight excluding hydrogens is 404 g/mol. The van der Waals surface area contributed by atoms with E-state index in [-0.39, 0.29) is 11.3 Å². The summed E-state index contributed by atoms with van der Waals surface area (Å²) in [6, 6.07) is 0. The first-order chi connectivity index (χ1) is 15.3. The van der Waals surface area contributed by atoms with E-state index in [9.17, 15) is 9.90 Å². The molecule has 5 saturated carbocycles. The molecule has 0 heterocycles. The van der Waals surface area contributed by atoms with Gasteiger partial charge in [-0.3, -0.25) is 4.79 Å². The van der Waals surface area contributed by atoms with Crippen LogP contribution in [0.1, 0.15) is 126 Å². The molecule has 0 aromatic carbocycles. The highest BCUT2D eigenvalue weighted by molar-refractivity contribution is 5.82. The molecule has 33 heavy (non-hydrogen) atoms. The van der Waals surface area contributed by atoms with Gasteiger partial charge in [-0.05, 0) is 121 Å². The molecule has 0 aromatic rings. The molecule has 0 radical (unpaired) electrons. The first-order valence-corrected chi connectivity index (χ1v) is 14.4. The van der Waals surface area contributed by atoms with Gasteiger partial charge < -0.3 is 5.11 Å². The van der Waals surface area contributed by atoms with E-state index in [2.05, 4.69) is 48.5 Å². The van der Waals surface area contributed by atoms with Gasteiger partial charge in [-0.15, -0.1) is 0 Å². The highest BCUT2D eigenvalue weighted by atomic mass is 16.3. The fourth-order valence-corrected chi connectivity index (χ4v) is 11.6. The van der Waals surface area contributed by atoms with E-state index in [0.717, 1.165) is 31.1 Å². The summed E-state index contributed by atoms with van der Waals surface area (Å²) in [5.41, 5.74) is 2.17. The lowest BCUT2D eigenvalue weighted by Crippen LogP contribution is -2.67. The Kier molecular flexibility index (Phi) is 5.40. The molecule has 0 aliphatic heterocycles. The second-order valence-corrected chi connectivity index (χ2v) is 15.4. The number of carbonyl (C=O) groups is 1. The average Bonchev–Trinajstić information content (AvgIpc) is 2.75. The van der Waals surface area contributed by atoms with Gasteiger partial charge in [-0.2, -0.15) is 0 Å². The molecule has 0 amide bonds. The molecule has 5 aliphatic carbocycles. The third-order valence-corrected chi connectivity index (χ3v) is 14.3. The molecule has 0 bridgehead atoms. The third-order valence-electron chi connectivity index (χ3n) is 14.3. The van der Waals surface area contributed by atoms with Crippen LogP contribution >= 0.6 is 0 Å². The summed E-state index contributed by atoms with van der Waals surface area (Å²) in [7, 11) is 0.